The Morgan fingerprint density at radius 3 is 2.52 bits per heavy atom. The summed E-state index contributed by atoms with van der Waals surface area (Å²) in [5.74, 6) is 0.570. The molecule has 108 valence electrons. The van der Waals surface area contributed by atoms with E-state index in [2.05, 4.69) is 9.71 Å². The second-order valence-electron chi connectivity index (χ2n) is 4.39. The molecule has 0 bridgehead atoms. The molecule has 0 aliphatic heterocycles. The highest BCUT2D eigenvalue weighted by Gasteiger charge is 2.14. The Kier molecular flexibility index (Phi) is 3.52. The second-order valence-corrected chi connectivity index (χ2v) is 6.86. The molecule has 1 aromatic carbocycles. The largest absolute Gasteiger partial charge is 0.449 e. The zero-order valence-electron chi connectivity index (χ0n) is 11.1. The Bertz CT molecular complexity index is 835. The molecule has 0 amide bonds. The third-order valence-corrected chi connectivity index (χ3v) is 4.93. The molecule has 0 fully saturated rings. The van der Waals surface area contributed by atoms with Gasteiger partial charge in [-0.05, 0) is 23.6 Å². The standard InChI is InChI=1S/C14H12N2O3S2/c1-10-15-14(8-19-10)11-2-4-13(5-3-11)21(17,18)16-12-6-7-20-9-12/h2-9,16H,1H3. The minimum absolute atomic E-state index is 0.206. The monoisotopic (exact) mass is 320 g/mol. The normalized spacial score (nSPS) is 11.5. The third-order valence-electron chi connectivity index (χ3n) is 2.85. The Morgan fingerprint density at radius 1 is 1.19 bits per heavy atom. The number of sulfonamides is 1. The quantitative estimate of drug-likeness (QED) is 0.798. The molecule has 0 saturated heterocycles. The SMILES string of the molecule is Cc1nc(-c2ccc(S(=O)(=O)Nc3ccsc3)cc2)co1. The summed E-state index contributed by atoms with van der Waals surface area (Å²) >= 11 is 1.43. The van der Waals surface area contributed by atoms with Crippen molar-refractivity contribution >= 4 is 27.0 Å². The first-order valence-corrected chi connectivity index (χ1v) is 8.55. The van der Waals surface area contributed by atoms with Gasteiger partial charge in [0.05, 0.1) is 10.6 Å². The van der Waals surface area contributed by atoms with Gasteiger partial charge in [-0.25, -0.2) is 13.4 Å². The summed E-state index contributed by atoms with van der Waals surface area (Å²) < 4.78 is 32.1. The van der Waals surface area contributed by atoms with Gasteiger partial charge in [-0.3, -0.25) is 4.72 Å². The number of benzene rings is 1. The highest BCUT2D eigenvalue weighted by Crippen LogP contribution is 2.22. The van der Waals surface area contributed by atoms with Crippen LogP contribution >= 0.6 is 11.3 Å². The van der Waals surface area contributed by atoms with Gasteiger partial charge >= 0.3 is 0 Å². The number of rotatable bonds is 4. The average Bonchev–Trinajstić information content (AvgIpc) is 3.10. The smallest absolute Gasteiger partial charge is 0.261 e. The van der Waals surface area contributed by atoms with Gasteiger partial charge in [0.2, 0.25) is 0 Å². The maximum atomic E-state index is 12.2. The topological polar surface area (TPSA) is 72.2 Å². The van der Waals surface area contributed by atoms with Gasteiger partial charge in [0.15, 0.2) is 5.89 Å². The van der Waals surface area contributed by atoms with Crippen molar-refractivity contribution < 1.29 is 12.8 Å². The molecular weight excluding hydrogens is 308 g/mol. The van der Waals surface area contributed by atoms with Gasteiger partial charge in [0, 0.05) is 17.9 Å². The fourth-order valence-electron chi connectivity index (χ4n) is 1.84. The van der Waals surface area contributed by atoms with Crippen molar-refractivity contribution in [3.8, 4) is 11.3 Å². The number of nitrogens with zero attached hydrogens (tertiary/aromatic N) is 1. The first-order chi connectivity index (χ1) is 10.0. The molecule has 5 nitrogen and oxygen atoms in total. The fraction of sp³-hybridized carbons (Fsp3) is 0.0714. The number of thiophene rings is 1. The van der Waals surface area contributed by atoms with E-state index in [0.29, 0.717) is 17.3 Å². The number of aromatic nitrogens is 1. The molecule has 0 radical (unpaired) electrons. The summed E-state index contributed by atoms with van der Waals surface area (Å²) in [6.45, 7) is 1.76. The molecule has 0 aliphatic carbocycles. The van der Waals surface area contributed by atoms with E-state index < -0.39 is 10.0 Å². The number of oxazole rings is 1. The van der Waals surface area contributed by atoms with Crippen LogP contribution in [0.1, 0.15) is 5.89 Å². The van der Waals surface area contributed by atoms with Crippen LogP contribution in [0.3, 0.4) is 0 Å². The van der Waals surface area contributed by atoms with Crippen LogP contribution in [0.25, 0.3) is 11.3 Å². The van der Waals surface area contributed by atoms with Gasteiger partial charge < -0.3 is 4.42 Å². The first-order valence-electron chi connectivity index (χ1n) is 6.12. The van der Waals surface area contributed by atoms with Crippen molar-refractivity contribution in [1.82, 2.24) is 4.98 Å². The molecule has 0 aliphatic rings. The number of nitrogens with one attached hydrogen (secondary N) is 1. The molecule has 0 saturated carbocycles. The highest BCUT2D eigenvalue weighted by molar-refractivity contribution is 7.92. The lowest BCUT2D eigenvalue weighted by atomic mass is 10.2. The summed E-state index contributed by atoms with van der Waals surface area (Å²) in [7, 11) is -3.56. The van der Waals surface area contributed by atoms with Crippen LogP contribution in [-0.4, -0.2) is 13.4 Å². The maximum Gasteiger partial charge on any atom is 0.261 e. The summed E-state index contributed by atoms with van der Waals surface area (Å²) in [5, 5.41) is 3.55. The van der Waals surface area contributed by atoms with Crippen molar-refractivity contribution in [3.05, 3.63) is 53.2 Å². The lowest BCUT2D eigenvalue weighted by Crippen LogP contribution is -2.12. The molecule has 0 atom stereocenters. The van der Waals surface area contributed by atoms with Gasteiger partial charge in [-0.1, -0.05) is 12.1 Å². The molecule has 0 spiro atoms. The van der Waals surface area contributed by atoms with E-state index in [1.807, 2.05) is 5.38 Å². The van der Waals surface area contributed by atoms with E-state index >= 15 is 0 Å². The molecule has 2 heterocycles. The van der Waals surface area contributed by atoms with Crippen LogP contribution in [0, 0.1) is 6.92 Å². The summed E-state index contributed by atoms with van der Waals surface area (Å²) in [6, 6.07) is 8.23. The van der Waals surface area contributed by atoms with Crippen LogP contribution in [0.2, 0.25) is 0 Å². The van der Waals surface area contributed by atoms with Crippen molar-refractivity contribution in [1.29, 1.82) is 0 Å². The van der Waals surface area contributed by atoms with Gasteiger partial charge in [-0.15, -0.1) is 0 Å². The number of hydrogen-bond acceptors (Lipinski definition) is 5. The lowest BCUT2D eigenvalue weighted by molar-refractivity contribution is 0.521. The van der Waals surface area contributed by atoms with Crippen LogP contribution in [0.4, 0.5) is 5.69 Å². The summed E-state index contributed by atoms with van der Waals surface area (Å²) in [5.41, 5.74) is 2.06. The Labute approximate surface area is 126 Å². The van der Waals surface area contributed by atoms with E-state index in [1.54, 1.807) is 48.9 Å². The summed E-state index contributed by atoms with van der Waals surface area (Å²) in [4.78, 5) is 4.41. The van der Waals surface area contributed by atoms with Crippen LogP contribution in [0.15, 0.2) is 56.7 Å². The fourth-order valence-corrected chi connectivity index (χ4v) is 3.55. The predicted octanol–water partition coefficient (Wildman–Crippen LogP) is 3.51. The first kappa shape index (κ1) is 13.8. The van der Waals surface area contributed by atoms with E-state index in [9.17, 15) is 8.42 Å². The second kappa shape index (κ2) is 5.34. The molecular formula is C14H12N2O3S2. The zero-order chi connectivity index (χ0) is 14.9. The van der Waals surface area contributed by atoms with Crippen molar-refractivity contribution in [2.75, 3.05) is 4.72 Å². The minimum Gasteiger partial charge on any atom is -0.449 e. The molecule has 3 aromatic rings. The molecule has 1 N–H and O–H groups in total. The van der Waals surface area contributed by atoms with Crippen molar-refractivity contribution in [2.45, 2.75) is 11.8 Å². The number of aryl methyl sites for hydroxylation is 1. The summed E-state index contributed by atoms with van der Waals surface area (Å²) in [6.07, 6.45) is 1.54. The molecule has 7 heteroatoms. The van der Waals surface area contributed by atoms with E-state index in [-0.39, 0.29) is 4.90 Å². The number of anilines is 1. The molecule has 0 unspecified atom stereocenters. The van der Waals surface area contributed by atoms with Crippen LogP contribution in [-0.2, 0) is 10.0 Å². The van der Waals surface area contributed by atoms with Gasteiger partial charge in [0.1, 0.15) is 12.0 Å². The van der Waals surface area contributed by atoms with Crippen molar-refractivity contribution in [2.24, 2.45) is 0 Å². The zero-order valence-corrected chi connectivity index (χ0v) is 12.7. The Balaban J connectivity index is 1.86. The van der Waals surface area contributed by atoms with E-state index in [1.165, 1.54) is 11.3 Å². The van der Waals surface area contributed by atoms with Crippen LogP contribution < -0.4 is 4.72 Å². The average molecular weight is 320 g/mol. The molecule has 2 aromatic heterocycles. The molecule has 3 rings (SSSR count). The van der Waals surface area contributed by atoms with Crippen molar-refractivity contribution in [3.63, 3.8) is 0 Å². The van der Waals surface area contributed by atoms with Crippen LogP contribution in [0.5, 0.6) is 0 Å². The lowest BCUT2D eigenvalue weighted by Gasteiger charge is -2.06. The highest BCUT2D eigenvalue weighted by atomic mass is 32.2. The minimum atomic E-state index is -3.56. The molecule has 21 heavy (non-hydrogen) atoms. The number of hydrogen-bond donors (Lipinski definition) is 1. The Morgan fingerprint density at radius 2 is 1.95 bits per heavy atom. The van der Waals surface area contributed by atoms with E-state index in [4.69, 9.17) is 4.42 Å². The predicted molar refractivity (Wildman–Crippen MR) is 81.8 cm³/mol. The maximum absolute atomic E-state index is 12.2. The Hall–Kier alpha value is -2.12. The van der Waals surface area contributed by atoms with E-state index in [0.717, 1.165) is 5.56 Å². The third kappa shape index (κ3) is 2.98. The van der Waals surface area contributed by atoms with Gasteiger partial charge in [-0.2, -0.15) is 11.3 Å². The van der Waals surface area contributed by atoms with Gasteiger partial charge in [0.25, 0.3) is 10.0 Å².